The van der Waals surface area contributed by atoms with Crippen LogP contribution in [0.2, 0.25) is 0 Å². The maximum Gasteiger partial charge on any atom is 0.419 e. The summed E-state index contributed by atoms with van der Waals surface area (Å²) in [7, 11) is 1.10. The molecule has 0 unspecified atom stereocenters. The molecule has 0 aliphatic heterocycles. The Kier molecular flexibility index (Phi) is 2.67. The molecule has 0 radical (unpaired) electrons. The van der Waals surface area contributed by atoms with Crippen LogP contribution in [0.3, 0.4) is 0 Å². The Bertz CT molecular complexity index is 108. The Morgan fingerprint density at radius 2 is 1.80 bits per heavy atom. The summed E-state index contributed by atoms with van der Waals surface area (Å²) in [6.07, 6.45) is -4.62. The van der Waals surface area contributed by atoms with Gasteiger partial charge in [-0.3, -0.25) is 0 Å². The molecule has 0 bridgehead atoms. The van der Waals surface area contributed by atoms with Gasteiger partial charge in [0.25, 0.3) is 0 Å². The lowest BCUT2D eigenvalue weighted by molar-refractivity contribution is -0.265. The molecule has 0 aromatic rings. The summed E-state index contributed by atoms with van der Waals surface area (Å²) in [6, 6.07) is 0. The van der Waals surface area contributed by atoms with Gasteiger partial charge in [0, 0.05) is 7.11 Å². The molecular weight excluding hydrogens is 149 g/mol. The van der Waals surface area contributed by atoms with Crippen molar-refractivity contribution in [3.63, 3.8) is 0 Å². The number of hydrogen-bond acceptors (Lipinski definition) is 2. The minimum absolute atomic E-state index is 0.663. The topological polar surface area (TPSA) is 29.5 Å². The van der Waals surface area contributed by atoms with Crippen molar-refractivity contribution in [2.45, 2.75) is 18.7 Å². The minimum atomic E-state index is -4.62. The van der Waals surface area contributed by atoms with E-state index in [1.54, 1.807) is 0 Å². The molecule has 2 nitrogen and oxygen atoms in total. The fourth-order valence-corrected chi connectivity index (χ4v) is 0.363. The van der Waals surface area contributed by atoms with Gasteiger partial charge in [-0.25, -0.2) is 0 Å². The maximum absolute atomic E-state index is 11.7. The number of halogens is 3. The molecule has 1 atom stereocenters. The summed E-state index contributed by atoms with van der Waals surface area (Å²) in [4.78, 5) is 0. The molecule has 0 fully saturated rings. The first-order valence-electron chi connectivity index (χ1n) is 2.59. The minimum Gasteiger partial charge on any atom is -0.381 e. The van der Waals surface area contributed by atoms with E-state index in [1.165, 1.54) is 0 Å². The average molecular weight is 158 g/mol. The number of ether oxygens (including phenoxy) is 1. The molecular formula is C5H9F3O2. The number of aliphatic hydroxyl groups is 1. The van der Waals surface area contributed by atoms with Crippen LogP contribution < -0.4 is 0 Å². The quantitative estimate of drug-likeness (QED) is 0.648. The van der Waals surface area contributed by atoms with E-state index in [4.69, 9.17) is 5.11 Å². The Labute approximate surface area is 56.6 Å². The van der Waals surface area contributed by atoms with Gasteiger partial charge < -0.3 is 9.84 Å². The van der Waals surface area contributed by atoms with Crippen molar-refractivity contribution in [3.05, 3.63) is 0 Å². The second-order valence-electron chi connectivity index (χ2n) is 2.20. The predicted octanol–water partition coefficient (Wildman–Crippen LogP) is 0.946. The molecule has 0 amide bonds. The largest absolute Gasteiger partial charge is 0.419 e. The zero-order valence-corrected chi connectivity index (χ0v) is 5.70. The van der Waals surface area contributed by atoms with Crippen molar-refractivity contribution >= 4 is 0 Å². The van der Waals surface area contributed by atoms with Gasteiger partial charge in [0.15, 0.2) is 5.60 Å². The molecule has 0 heterocycles. The lowest BCUT2D eigenvalue weighted by Crippen LogP contribution is -2.45. The number of methoxy groups -OCH3 is 1. The number of alkyl halides is 3. The second kappa shape index (κ2) is 2.75. The van der Waals surface area contributed by atoms with Crippen LogP contribution in [0.4, 0.5) is 13.2 Å². The van der Waals surface area contributed by atoms with Crippen LogP contribution in [0.5, 0.6) is 0 Å². The van der Waals surface area contributed by atoms with Crippen LogP contribution in [0.1, 0.15) is 6.92 Å². The van der Waals surface area contributed by atoms with Crippen molar-refractivity contribution in [2.75, 3.05) is 13.7 Å². The standard InChI is InChI=1S/C5H9F3O2/c1-4(9,3-10-2)5(6,7)8/h9H,3H2,1-2H3/t4-/m1/s1. The van der Waals surface area contributed by atoms with E-state index in [2.05, 4.69) is 4.74 Å². The normalized spacial score (nSPS) is 18.6. The van der Waals surface area contributed by atoms with Crippen molar-refractivity contribution in [2.24, 2.45) is 0 Å². The SMILES string of the molecule is COC[C@@](C)(O)C(F)(F)F. The summed E-state index contributed by atoms with van der Waals surface area (Å²) in [5, 5.41) is 8.60. The fraction of sp³-hybridized carbons (Fsp3) is 1.00. The highest BCUT2D eigenvalue weighted by Gasteiger charge is 2.49. The monoisotopic (exact) mass is 158 g/mol. The lowest BCUT2D eigenvalue weighted by atomic mass is 10.1. The first kappa shape index (κ1) is 9.71. The van der Waals surface area contributed by atoms with Crippen LogP contribution in [0.15, 0.2) is 0 Å². The van der Waals surface area contributed by atoms with Crippen LogP contribution >= 0.6 is 0 Å². The van der Waals surface area contributed by atoms with Gasteiger partial charge in [-0.2, -0.15) is 13.2 Å². The first-order chi connectivity index (χ1) is 4.31. The Balaban J connectivity index is 4.10. The molecule has 0 aliphatic carbocycles. The zero-order valence-electron chi connectivity index (χ0n) is 5.70. The van der Waals surface area contributed by atoms with Crippen molar-refractivity contribution in [1.82, 2.24) is 0 Å². The Morgan fingerprint density at radius 1 is 1.40 bits per heavy atom. The van der Waals surface area contributed by atoms with E-state index < -0.39 is 18.4 Å². The number of hydrogen-bond donors (Lipinski definition) is 1. The van der Waals surface area contributed by atoms with E-state index in [0.717, 1.165) is 7.11 Å². The smallest absolute Gasteiger partial charge is 0.381 e. The van der Waals surface area contributed by atoms with Gasteiger partial charge in [0.05, 0.1) is 6.61 Å². The highest BCUT2D eigenvalue weighted by Crippen LogP contribution is 2.29. The third kappa shape index (κ3) is 2.15. The van der Waals surface area contributed by atoms with E-state index in [1.807, 2.05) is 0 Å². The van der Waals surface area contributed by atoms with Gasteiger partial charge in [-0.05, 0) is 6.92 Å². The van der Waals surface area contributed by atoms with Crippen LogP contribution in [-0.2, 0) is 4.74 Å². The zero-order chi connectivity index (χ0) is 8.41. The van der Waals surface area contributed by atoms with E-state index in [-0.39, 0.29) is 0 Å². The van der Waals surface area contributed by atoms with Gasteiger partial charge in [0.1, 0.15) is 0 Å². The fourth-order valence-electron chi connectivity index (χ4n) is 0.363. The third-order valence-electron chi connectivity index (χ3n) is 1.04. The predicted molar refractivity (Wildman–Crippen MR) is 28.6 cm³/mol. The summed E-state index contributed by atoms with van der Waals surface area (Å²) in [5.74, 6) is 0. The number of rotatable bonds is 2. The van der Waals surface area contributed by atoms with E-state index in [0.29, 0.717) is 6.92 Å². The van der Waals surface area contributed by atoms with Gasteiger partial charge >= 0.3 is 6.18 Å². The average Bonchev–Trinajstić information content (AvgIpc) is 1.61. The van der Waals surface area contributed by atoms with Crippen molar-refractivity contribution < 1.29 is 23.0 Å². The molecule has 0 saturated heterocycles. The molecule has 62 valence electrons. The maximum atomic E-state index is 11.7. The summed E-state index contributed by atoms with van der Waals surface area (Å²) >= 11 is 0. The molecule has 0 aliphatic rings. The molecule has 1 N–H and O–H groups in total. The van der Waals surface area contributed by atoms with Gasteiger partial charge in [-0.1, -0.05) is 0 Å². The van der Waals surface area contributed by atoms with E-state index >= 15 is 0 Å². The Hall–Kier alpha value is -0.290. The highest BCUT2D eigenvalue weighted by molar-refractivity contribution is 4.80. The molecule has 0 aromatic heterocycles. The lowest BCUT2D eigenvalue weighted by Gasteiger charge is -2.24. The molecule has 5 heteroatoms. The molecule has 10 heavy (non-hydrogen) atoms. The van der Waals surface area contributed by atoms with Gasteiger partial charge in [-0.15, -0.1) is 0 Å². The van der Waals surface area contributed by atoms with Gasteiger partial charge in [0.2, 0.25) is 0 Å². The summed E-state index contributed by atoms with van der Waals surface area (Å²) in [5.41, 5.74) is -2.73. The molecule has 0 spiro atoms. The second-order valence-corrected chi connectivity index (χ2v) is 2.20. The van der Waals surface area contributed by atoms with E-state index in [9.17, 15) is 13.2 Å². The molecule has 0 saturated carbocycles. The van der Waals surface area contributed by atoms with Crippen LogP contribution in [0.25, 0.3) is 0 Å². The summed E-state index contributed by atoms with van der Waals surface area (Å²) in [6.45, 7) is -0.0764. The molecule has 0 rings (SSSR count). The van der Waals surface area contributed by atoms with Crippen molar-refractivity contribution in [3.8, 4) is 0 Å². The third-order valence-corrected chi connectivity index (χ3v) is 1.04. The Morgan fingerprint density at radius 3 is 1.90 bits per heavy atom. The first-order valence-corrected chi connectivity index (χ1v) is 2.59. The highest BCUT2D eigenvalue weighted by atomic mass is 19.4. The molecule has 0 aromatic carbocycles. The summed E-state index contributed by atoms with van der Waals surface area (Å²) < 4.78 is 39.2. The van der Waals surface area contributed by atoms with Crippen molar-refractivity contribution in [1.29, 1.82) is 0 Å². The van der Waals surface area contributed by atoms with Crippen LogP contribution in [-0.4, -0.2) is 30.6 Å². The van der Waals surface area contributed by atoms with Crippen LogP contribution in [0, 0.1) is 0 Å².